The van der Waals surface area contributed by atoms with Gasteiger partial charge in [-0.1, -0.05) is 12.1 Å². The summed E-state index contributed by atoms with van der Waals surface area (Å²) in [6.07, 6.45) is 0. The minimum absolute atomic E-state index is 0.123. The first-order valence-electron chi connectivity index (χ1n) is 8.66. The quantitative estimate of drug-likeness (QED) is 0.684. The standard InChI is InChI=1S/C20H23NO7S/c1-20(2,3)28-18(22)13-21(17-8-6-5-7-16(17)19(23)24)29(25,26)15-11-9-14(27-4)10-12-15/h5-12H,13H2,1-4H3,(H,23,24). The Bertz CT molecular complexity index is 992. The van der Waals surface area contributed by atoms with E-state index in [4.69, 9.17) is 9.47 Å². The summed E-state index contributed by atoms with van der Waals surface area (Å²) in [6, 6.07) is 11.1. The summed E-state index contributed by atoms with van der Waals surface area (Å²) in [4.78, 5) is 23.9. The molecule has 0 unspecified atom stereocenters. The molecule has 2 aromatic rings. The summed E-state index contributed by atoms with van der Waals surface area (Å²) in [5, 5.41) is 9.49. The van der Waals surface area contributed by atoms with E-state index in [-0.39, 0.29) is 16.1 Å². The smallest absolute Gasteiger partial charge is 0.337 e. The molecule has 2 aromatic carbocycles. The van der Waals surface area contributed by atoms with Crippen LogP contribution in [0.15, 0.2) is 53.4 Å². The highest BCUT2D eigenvalue weighted by atomic mass is 32.2. The molecule has 0 aliphatic rings. The van der Waals surface area contributed by atoms with Crippen LogP contribution < -0.4 is 9.04 Å². The SMILES string of the molecule is COc1ccc(S(=O)(=O)N(CC(=O)OC(C)(C)C)c2ccccc2C(=O)O)cc1. The van der Waals surface area contributed by atoms with Crippen LogP contribution in [0.5, 0.6) is 5.75 Å². The van der Waals surface area contributed by atoms with Crippen molar-refractivity contribution in [3.63, 3.8) is 0 Å². The molecular weight excluding hydrogens is 398 g/mol. The molecule has 0 aliphatic carbocycles. The third kappa shape index (κ3) is 5.47. The molecule has 156 valence electrons. The molecule has 0 saturated heterocycles. The van der Waals surface area contributed by atoms with Gasteiger partial charge in [0.1, 0.15) is 17.9 Å². The zero-order chi connectivity index (χ0) is 21.8. The molecule has 8 nitrogen and oxygen atoms in total. The Morgan fingerprint density at radius 1 is 1.03 bits per heavy atom. The lowest BCUT2D eigenvalue weighted by molar-refractivity contribution is -0.152. The van der Waals surface area contributed by atoms with Crippen molar-refractivity contribution in [2.75, 3.05) is 18.0 Å². The van der Waals surface area contributed by atoms with Crippen LogP contribution in [0, 0.1) is 0 Å². The number of carboxylic acid groups (broad SMARTS) is 1. The van der Waals surface area contributed by atoms with E-state index in [9.17, 15) is 23.1 Å². The highest BCUT2D eigenvalue weighted by Gasteiger charge is 2.31. The van der Waals surface area contributed by atoms with E-state index in [0.29, 0.717) is 5.75 Å². The van der Waals surface area contributed by atoms with Crippen LogP contribution in [-0.2, 0) is 19.6 Å². The van der Waals surface area contributed by atoms with Gasteiger partial charge in [-0.05, 0) is 57.2 Å². The average Bonchev–Trinajstić information content (AvgIpc) is 2.64. The largest absolute Gasteiger partial charge is 0.497 e. The Kier molecular flexibility index (Phi) is 6.53. The highest BCUT2D eigenvalue weighted by molar-refractivity contribution is 7.92. The van der Waals surface area contributed by atoms with E-state index in [1.807, 2.05) is 0 Å². The first-order chi connectivity index (χ1) is 13.5. The molecule has 1 N–H and O–H groups in total. The van der Waals surface area contributed by atoms with Gasteiger partial charge in [0.25, 0.3) is 10.0 Å². The number of benzene rings is 2. The molecule has 0 bridgehead atoms. The first kappa shape index (κ1) is 22.2. The summed E-state index contributed by atoms with van der Waals surface area (Å²) in [7, 11) is -2.83. The van der Waals surface area contributed by atoms with E-state index in [2.05, 4.69) is 0 Å². The third-order valence-corrected chi connectivity index (χ3v) is 5.52. The molecule has 0 saturated carbocycles. The van der Waals surface area contributed by atoms with Gasteiger partial charge in [0.05, 0.1) is 23.3 Å². The Morgan fingerprint density at radius 3 is 2.14 bits per heavy atom. The summed E-state index contributed by atoms with van der Waals surface area (Å²) in [5.74, 6) is -1.68. The zero-order valence-corrected chi connectivity index (χ0v) is 17.4. The van der Waals surface area contributed by atoms with Crippen molar-refractivity contribution < 1.29 is 32.6 Å². The van der Waals surface area contributed by atoms with Crippen molar-refractivity contribution in [1.82, 2.24) is 0 Å². The van der Waals surface area contributed by atoms with E-state index in [1.54, 1.807) is 20.8 Å². The fourth-order valence-corrected chi connectivity index (χ4v) is 3.97. The minimum Gasteiger partial charge on any atom is -0.497 e. The number of carbonyl (C=O) groups is 2. The lowest BCUT2D eigenvalue weighted by Crippen LogP contribution is -2.39. The fourth-order valence-electron chi connectivity index (χ4n) is 2.54. The van der Waals surface area contributed by atoms with E-state index in [0.717, 1.165) is 4.31 Å². The predicted molar refractivity (Wildman–Crippen MR) is 107 cm³/mol. The van der Waals surface area contributed by atoms with Crippen molar-refractivity contribution in [2.45, 2.75) is 31.3 Å². The van der Waals surface area contributed by atoms with Gasteiger partial charge in [-0.3, -0.25) is 9.10 Å². The van der Waals surface area contributed by atoms with Crippen molar-refractivity contribution in [3.8, 4) is 5.75 Å². The van der Waals surface area contributed by atoms with E-state index >= 15 is 0 Å². The Morgan fingerprint density at radius 2 is 1.62 bits per heavy atom. The molecule has 0 heterocycles. The van der Waals surface area contributed by atoms with Crippen LogP contribution in [0.4, 0.5) is 5.69 Å². The number of hydrogen-bond donors (Lipinski definition) is 1. The molecule has 0 radical (unpaired) electrons. The number of carbonyl (C=O) groups excluding carboxylic acids is 1. The number of nitrogens with zero attached hydrogens (tertiary/aromatic N) is 1. The number of aromatic carboxylic acids is 1. The number of methoxy groups -OCH3 is 1. The van der Waals surface area contributed by atoms with Crippen LogP contribution in [0.25, 0.3) is 0 Å². The molecule has 0 aromatic heterocycles. The maximum absolute atomic E-state index is 13.3. The van der Waals surface area contributed by atoms with Crippen LogP contribution in [0.3, 0.4) is 0 Å². The van der Waals surface area contributed by atoms with Gasteiger partial charge in [0.15, 0.2) is 0 Å². The zero-order valence-electron chi connectivity index (χ0n) is 16.6. The molecule has 0 amide bonds. The molecule has 0 aliphatic heterocycles. The van der Waals surface area contributed by atoms with Gasteiger partial charge in [0.2, 0.25) is 0 Å². The second-order valence-electron chi connectivity index (χ2n) is 7.10. The fraction of sp³-hybridized carbons (Fsp3) is 0.300. The lowest BCUT2D eigenvalue weighted by atomic mass is 10.2. The van der Waals surface area contributed by atoms with Crippen molar-refractivity contribution in [1.29, 1.82) is 0 Å². The number of para-hydroxylation sites is 1. The number of ether oxygens (including phenoxy) is 2. The van der Waals surface area contributed by atoms with Crippen LogP contribution >= 0.6 is 0 Å². The molecule has 0 fully saturated rings. The van der Waals surface area contributed by atoms with E-state index in [1.165, 1.54) is 55.6 Å². The number of anilines is 1. The van der Waals surface area contributed by atoms with Gasteiger partial charge in [-0.2, -0.15) is 0 Å². The van der Waals surface area contributed by atoms with Crippen molar-refractivity contribution >= 4 is 27.6 Å². The number of carboxylic acids is 1. The monoisotopic (exact) mass is 421 g/mol. The Hall–Kier alpha value is -3.07. The highest BCUT2D eigenvalue weighted by Crippen LogP contribution is 2.28. The lowest BCUT2D eigenvalue weighted by Gasteiger charge is -2.27. The normalized spacial score (nSPS) is 11.6. The van der Waals surface area contributed by atoms with Crippen LogP contribution in [-0.4, -0.2) is 44.7 Å². The van der Waals surface area contributed by atoms with E-state index < -0.39 is 34.1 Å². The second kappa shape index (κ2) is 8.52. The summed E-state index contributed by atoms with van der Waals surface area (Å²) >= 11 is 0. The van der Waals surface area contributed by atoms with Gasteiger partial charge in [-0.15, -0.1) is 0 Å². The predicted octanol–water partition coefficient (Wildman–Crippen LogP) is 2.93. The molecular formula is C20H23NO7S. The van der Waals surface area contributed by atoms with Gasteiger partial charge in [-0.25, -0.2) is 13.2 Å². The molecule has 29 heavy (non-hydrogen) atoms. The van der Waals surface area contributed by atoms with Gasteiger partial charge in [0, 0.05) is 0 Å². The minimum atomic E-state index is -4.27. The maximum Gasteiger partial charge on any atom is 0.337 e. The van der Waals surface area contributed by atoms with Crippen molar-refractivity contribution in [3.05, 3.63) is 54.1 Å². The molecule has 2 rings (SSSR count). The third-order valence-electron chi connectivity index (χ3n) is 3.74. The summed E-state index contributed by atoms with van der Waals surface area (Å²) in [5.41, 5.74) is -1.23. The Balaban J connectivity index is 2.57. The van der Waals surface area contributed by atoms with Gasteiger partial charge >= 0.3 is 11.9 Å². The number of rotatable bonds is 7. The molecule has 0 spiro atoms. The average molecular weight is 421 g/mol. The van der Waals surface area contributed by atoms with Crippen LogP contribution in [0.1, 0.15) is 31.1 Å². The second-order valence-corrected chi connectivity index (χ2v) is 8.96. The number of sulfonamides is 1. The summed E-state index contributed by atoms with van der Waals surface area (Å²) < 4.78 is 37.6. The maximum atomic E-state index is 13.3. The van der Waals surface area contributed by atoms with Crippen molar-refractivity contribution in [2.24, 2.45) is 0 Å². The number of hydrogen-bond acceptors (Lipinski definition) is 6. The molecule has 9 heteroatoms. The Labute approximate surface area is 169 Å². The number of esters is 1. The first-order valence-corrected chi connectivity index (χ1v) is 10.1. The molecule has 0 atom stereocenters. The van der Waals surface area contributed by atoms with Crippen LogP contribution in [0.2, 0.25) is 0 Å². The van der Waals surface area contributed by atoms with Gasteiger partial charge < -0.3 is 14.6 Å². The topological polar surface area (TPSA) is 110 Å². The summed E-state index contributed by atoms with van der Waals surface area (Å²) in [6.45, 7) is 4.27.